The molecular formula is C13H19BrN2O3S. The minimum absolute atomic E-state index is 0.466. The van der Waals surface area contributed by atoms with E-state index < -0.39 is 15.3 Å². The van der Waals surface area contributed by atoms with Crippen molar-refractivity contribution in [3.63, 3.8) is 0 Å². The van der Waals surface area contributed by atoms with Gasteiger partial charge in [0.15, 0.2) is 0 Å². The van der Waals surface area contributed by atoms with Crippen LogP contribution in [0.1, 0.15) is 19.8 Å². The molecule has 1 aromatic carbocycles. The highest BCUT2D eigenvalue weighted by Gasteiger charge is 2.25. The second-order valence-corrected chi connectivity index (χ2v) is 7.94. The number of methoxy groups -OCH3 is 1. The fourth-order valence-electron chi connectivity index (χ4n) is 1.72. The largest absolute Gasteiger partial charge is 0.495 e. The van der Waals surface area contributed by atoms with E-state index in [1.165, 1.54) is 0 Å². The number of rotatable bonds is 7. The smallest absolute Gasteiger partial charge is 0.236 e. The summed E-state index contributed by atoms with van der Waals surface area (Å²) in [6.45, 7) is 2.17. The van der Waals surface area contributed by atoms with Crippen LogP contribution in [-0.4, -0.2) is 33.4 Å². The van der Waals surface area contributed by atoms with Gasteiger partial charge in [0.1, 0.15) is 5.75 Å². The zero-order valence-electron chi connectivity index (χ0n) is 11.5. The van der Waals surface area contributed by atoms with Crippen molar-refractivity contribution in [2.75, 3.05) is 18.4 Å². The van der Waals surface area contributed by atoms with Crippen LogP contribution in [0.15, 0.2) is 22.7 Å². The highest BCUT2D eigenvalue weighted by molar-refractivity contribution is 9.10. The summed E-state index contributed by atoms with van der Waals surface area (Å²) in [5, 5.41) is 2.74. The zero-order valence-corrected chi connectivity index (χ0v) is 13.9. The van der Waals surface area contributed by atoms with Crippen molar-refractivity contribution < 1.29 is 13.2 Å². The van der Waals surface area contributed by atoms with E-state index in [2.05, 4.69) is 26.0 Å². The molecule has 20 heavy (non-hydrogen) atoms. The van der Waals surface area contributed by atoms with Crippen LogP contribution < -0.4 is 14.8 Å². The third-order valence-corrected chi connectivity index (χ3v) is 5.61. The first-order valence-electron chi connectivity index (χ1n) is 6.51. The molecule has 1 unspecified atom stereocenters. The summed E-state index contributed by atoms with van der Waals surface area (Å²) < 4.78 is 33.0. The molecule has 0 aliphatic heterocycles. The van der Waals surface area contributed by atoms with Gasteiger partial charge in [-0.1, -0.05) is 0 Å². The van der Waals surface area contributed by atoms with Gasteiger partial charge < -0.3 is 10.1 Å². The van der Waals surface area contributed by atoms with Crippen LogP contribution >= 0.6 is 15.9 Å². The average molecular weight is 363 g/mol. The van der Waals surface area contributed by atoms with Gasteiger partial charge in [-0.05, 0) is 47.8 Å². The first-order chi connectivity index (χ1) is 9.42. The van der Waals surface area contributed by atoms with Gasteiger partial charge in [-0.2, -0.15) is 0 Å². The molecule has 7 heteroatoms. The molecule has 1 aromatic rings. The quantitative estimate of drug-likeness (QED) is 0.780. The maximum absolute atomic E-state index is 12.2. The SMILES string of the molecule is COc1cc(NS(=O)(=O)C(C)CNC2CC2)ccc1Br. The van der Waals surface area contributed by atoms with E-state index in [0.717, 1.165) is 17.3 Å². The molecule has 0 amide bonds. The van der Waals surface area contributed by atoms with Gasteiger partial charge in [0, 0.05) is 18.7 Å². The van der Waals surface area contributed by atoms with Crippen molar-refractivity contribution >= 4 is 31.6 Å². The Morgan fingerprint density at radius 2 is 2.15 bits per heavy atom. The summed E-state index contributed by atoms with van der Waals surface area (Å²) in [4.78, 5) is 0. The lowest BCUT2D eigenvalue weighted by atomic mass is 10.3. The molecule has 1 aliphatic rings. The third-order valence-electron chi connectivity index (χ3n) is 3.21. The molecule has 2 rings (SSSR count). The van der Waals surface area contributed by atoms with Crippen LogP contribution in [0.2, 0.25) is 0 Å². The highest BCUT2D eigenvalue weighted by Crippen LogP contribution is 2.28. The standard InChI is InChI=1S/C13H19BrN2O3S/c1-9(8-15-10-3-4-10)20(17,18)16-11-5-6-12(14)13(7-11)19-2/h5-7,9-10,15-16H,3-4,8H2,1-2H3. The number of sulfonamides is 1. The molecule has 0 heterocycles. The van der Waals surface area contributed by atoms with E-state index in [0.29, 0.717) is 24.0 Å². The molecule has 1 aliphatic carbocycles. The number of hydrogen-bond acceptors (Lipinski definition) is 4. The second-order valence-electron chi connectivity index (χ2n) is 4.99. The average Bonchev–Trinajstić information content (AvgIpc) is 3.22. The lowest BCUT2D eigenvalue weighted by molar-refractivity contribution is 0.412. The number of nitrogens with one attached hydrogen (secondary N) is 2. The van der Waals surface area contributed by atoms with Crippen LogP contribution in [0.3, 0.4) is 0 Å². The molecule has 2 N–H and O–H groups in total. The summed E-state index contributed by atoms with van der Waals surface area (Å²) in [5.74, 6) is 0.592. The molecule has 1 saturated carbocycles. The van der Waals surface area contributed by atoms with Gasteiger partial charge in [0.2, 0.25) is 10.0 Å². The summed E-state index contributed by atoms with van der Waals surface area (Å²) in [6, 6.07) is 5.61. The van der Waals surface area contributed by atoms with Crippen LogP contribution in [0, 0.1) is 0 Å². The van der Waals surface area contributed by atoms with Crippen LogP contribution in [0.4, 0.5) is 5.69 Å². The van der Waals surface area contributed by atoms with Crippen molar-refractivity contribution in [2.45, 2.75) is 31.1 Å². The van der Waals surface area contributed by atoms with Crippen LogP contribution in [0.5, 0.6) is 5.75 Å². The lowest BCUT2D eigenvalue weighted by Crippen LogP contribution is -2.35. The summed E-state index contributed by atoms with van der Waals surface area (Å²) in [6.07, 6.45) is 2.29. The van der Waals surface area contributed by atoms with Crippen molar-refractivity contribution in [3.05, 3.63) is 22.7 Å². The summed E-state index contributed by atoms with van der Waals surface area (Å²) >= 11 is 3.33. The number of anilines is 1. The predicted octanol–water partition coefficient (Wildman–Crippen LogP) is 2.34. The highest BCUT2D eigenvalue weighted by atomic mass is 79.9. The fraction of sp³-hybridized carbons (Fsp3) is 0.538. The Bertz CT molecular complexity index is 573. The maximum Gasteiger partial charge on any atom is 0.236 e. The number of halogens is 1. The monoisotopic (exact) mass is 362 g/mol. The van der Waals surface area contributed by atoms with Crippen molar-refractivity contribution in [3.8, 4) is 5.75 Å². The number of ether oxygens (including phenoxy) is 1. The fourth-order valence-corrected chi connectivity index (χ4v) is 3.10. The Morgan fingerprint density at radius 1 is 1.45 bits per heavy atom. The molecule has 0 saturated heterocycles. The van der Waals surface area contributed by atoms with Crippen LogP contribution in [-0.2, 0) is 10.0 Å². The molecule has 0 spiro atoms. The number of hydrogen-bond donors (Lipinski definition) is 2. The van der Waals surface area contributed by atoms with E-state index in [4.69, 9.17) is 4.74 Å². The lowest BCUT2D eigenvalue weighted by Gasteiger charge is -2.16. The minimum atomic E-state index is -3.40. The van der Waals surface area contributed by atoms with Gasteiger partial charge >= 0.3 is 0 Å². The van der Waals surface area contributed by atoms with Crippen LogP contribution in [0.25, 0.3) is 0 Å². The topological polar surface area (TPSA) is 67.4 Å². The van der Waals surface area contributed by atoms with Gasteiger partial charge in [0.25, 0.3) is 0 Å². The summed E-state index contributed by atoms with van der Waals surface area (Å²) in [7, 11) is -1.86. The molecular weight excluding hydrogens is 344 g/mol. The van der Waals surface area contributed by atoms with E-state index in [9.17, 15) is 8.42 Å². The molecule has 0 radical (unpaired) electrons. The van der Waals surface area contributed by atoms with Gasteiger partial charge in [-0.25, -0.2) is 8.42 Å². The Hall–Kier alpha value is -0.790. The Morgan fingerprint density at radius 3 is 2.75 bits per heavy atom. The van der Waals surface area contributed by atoms with Crippen molar-refractivity contribution in [1.29, 1.82) is 0 Å². The first-order valence-corrected chi connectivity index (χ1v) is 8.85. The third kappa shape index (κ3) is 4.10. The molecule has 112 valence electrons. The molecule has 1 fully saturated rings. The minimum Gasteiger partial charge on any atom is -0.495 e. The van der Waals surface area contributed by atoms with Crippen molar-refractivity contribution in [2.24, 2.45) is 0 Å². The normalized spacial score (nSPS) is 16.8. The van der Waals surface area contributed by atoms with E-state index in [1.807, 2.05) is 0 Å². The van der Waals surface area contributed by atoms with E-state index in [1.54, 1.807) is 32.2 Å². The molecule has 1 atom stereocenters. The van der Waals surface area contributed by atoms with E-state index in [-0.39, 0.29) is 0 Å². The van der Waals surface area contributed by atoms with Crippen molar-refractivity contribution in [1.82, 2.24) is 5.32 Å². The summed E-state index contributed by atoms with van der Waals surface area (Å²) in [5.41, 5.74) is 0.503. The van der Waals surface area contributed by atoms with E-state index >= 15 is 0 Å². The Labute approximate surface area is 128 Å². The van der Waals surface area contributed by atoms with Gasteiger partial charge in [-0.15, -0.1) is 0 Å². The van der Waals surface area contributed by atoms with Gasteiger partial charge in [-0.3, -0.25) is 4.72 Å². The Kier molecular flexibility index (Phi) is 4.93. The maximum atomic E-state index is 12.2. The first kappa shape index (κ1) is 15.6. The van der Waals surface area contributed by atoms with Gasteiger partial charge in [0.05, 0.1) is 22.5 Å². The zero-order chi connectivity index (χ0) is 14.8. The number of benzene rings is 1. The molecule has 0 aromatic heterocycles. The predicted molar refractivity (Wildman–Crippen MR) is 83.7 cm³/mol. The second kappa shape index (κ2) is 6.32. The molecule has 5 nitrogen and oxygen atoms in total. The molecule has 0 bridgehead atoms. The Balaban J connectivity index is 2.02.